The highest BCUT2D eigenvalue weighted by Gasteiger charge is 2.29. The summed E-state index contributed by atoms with van der Waals surface area (Å²) in [4.78, 5) is 0.425. The number of alkyl halides is 1. The maximum absolute atomic E-state index is 12.3. The fourth-order valence-corrected chi connectivity index (χ4v) is 4.03. The first-order chi connectivity index (χ1) is 8.14. The van der Waals surface area contributed by atoms with Crippen LogP contribution in [-0.2, 0) is 19.9 Å². The second kappa shape index (κ2) is 5.50. The first-order valence-electron chi connectivity index (χ1n) is 5.61. The van der Waals surface area contributed by atoms with Crippen LogP contribution in [0.5, 0.6) is 0 Å². The molecule has 0 aliphatic carbocycles. The van der Waals surface area contributed by atoms with E-state index in [1.54, 1.807) is 12.1 Å². The minimum absolute atomic E-state index is 0.286. The van der Waals surface area contributed by atoms with Crippen LogP contribution in [-0.4, -0.2) is 26.9 Å². The van der Waals surface area contributed by atoms with E-state index in [4.69, 9.17) is 4.74 Å². The van der Waals surface area contributed by atoms with E-state index in [2.05, 4.69) is 15.9 Å². The average Bonchev–Trinajstić information content (AvgIpc) is 2.40. The van der Waals surface area contributed by atoms with Crippen molar-refractivity contribution in [3.05, 3.63) is 29.8 Å². The van der Waals surface area contributed by atoms with Crippen LogP contribution in [0.4, 0.5) is 0 Å². The fourth-order valence-electron chi connectivity index (χ4n) is 1.95. The van der Waals surface area contributed by atoms with Crippen molar-refractivity contribution >= 4 is 25.8 Å². The Morgan fingerprint density at radius 1 is 1.18 bits per heavy atom. The first kappa shape index (κ1) is 13.1. The second-order valence-electron chi connectivity index (χ2n) is 4.13. The third-order valence-electron chi connectivity index (χ3n) is 3.01. The number of sulfone groups is 1. The quantitative estimate of drug-likeness (QED) is 0.804. The van der Waals surface area contributed by atoms with Crippen LogP contribution in [0, 0.1) is 0 Å². The molecule has 0 unspecified atom stereocenters. The molecule has 2 rings (SSSR count). The van der Waals surface area contributed by atoms with Gasteiger partial charge in [-0.25, -0.2) is 8.42 Å². The number of hydrogen-bond acceptors (Lipinski definition) is 3. The molecule has 17 heavy (non-hydrogen) atoms. The predicted octanol–water partition coefficient (Wildman–Crippen LogP) is 2.53. The molecular formula is C12H15BrO3S. The standard InChI is InChI=1S/C12H15BrO3S/c13-9-10-1-3-11(4-2-10)17(14,15)12-5-7-16-8-6-12/h1-4,12H,5-9H2. The molecule has 0 radical (unpaired) electrons. The van der Waals surface area contributed by atoms with Gasteiger partial charge in [-0.3, -0.25) is 0 Å². The van der Waals surface area contributed by atoms with E-state index in [0.29, 0.717) is 31.0 Å². The Balaban J connectivity index is 2.23. The van der Waals surface area contributed by atoms with Crippen molar-refractivity contribution in [3.63, 3.8) is 0 Å². The molecule has 0 bridgehead atoms. The molecule has 1 fully saturated rings. The zero-order valence-electron chi connectivity index (χ0n) is 9.43. The van der Waals surface area contributed by atoms with Crippen molar-refractivity contribution in [2.24, 2.45) is 0 Å². The fraction of sp³-hybridized carbons (Fsp3) is 0.500. The van der Waals surface area contributed by atoms with Gasteiger partial charge >= 0.3 is 0 Å². The van der Waals surface area contributed by atoms with Gasteiger partial charge in [0.15, 0.2) is 9.84 Å². The molecule has 5 heteroatoms. The summed E-state index contributed by atoms with van der Waals surface area (Å²) in [6, 6.07) is 7.09. The van der Waals surface area contributed by atoms with Crippen LogP contribution >= 0.6 is 15.9 Å². The highest BCUT2D eigenvalue weighted by Crippen LogP contribution is 2.24. The normalized spacial score (nSPS) is 18.2. The van der Waals surface area contributed by atoms with E-state index in [0.717, 1.165) is 10.9 Å². The molecule has 0 atom stereocenters. The lowest BCUT2D eigenvalue weighted by Crippen LogP contribution is -2.28. The second-order valence-corrected chi connectivity index (χ2v) is 6.92. The van der Waals surface area contributed by atoms with E-state index in [-0.39, 0.29) is 5.25 Å². The summed E-state index contributed by atoms with van der Waals surface area (Å²) in [6.07, 6.45) is 1.20. The number of hydrogen-bond donors (Lipinski definition) is 0. The third-order valence-corrected chi connectivity index (χ3v) is 5.94. The highest BCUT2D eigenvalue weighted by molar-refractivity contribution is 9.08. The Morgan fingerprint density at radius 2 is 1.76 bits per heavy atom. The minimum atomic E-state index is -3.18. The molecule has 0 amide bonds. The van der Waals surface area contributed by atoms with E-state index in [1.165, 1.54) is 0 Å². The molecule has 3 nitrogen and oxygen atoms in total. The van der Waals surface area contributed by atoms with Gasteiger partial charge < -0.3 is 4.74 Å². The Kier molecular flexibility index (Phi) is 4.22. The van der Waals surface area contributed by atoms with Crippen molar-refractivity contribution in [1.29, 1.82) is 0 Å². The van der Waals surface area contributed by atoms with E-state index < -0.39 is 9.84 Å². The Hall–Kier alpha value is -0.390. The maximum atomic E-state index is 12.3. The zero-order chi connectivity index (χ0) is 12.3. The van der Waals surface area contributed by atoms with Gasteiger partial charge in [0, 0.05) is 18.5 Å². The van der Waals surface area contributed by atoms with Gasteiger partial charge in [0.2, 0.25) is 0 Å². The summed E-state index contributed by atoms with van der Waals surface area (Å²) in [7, 11) is -3.18. The summed E-state index contributed by atoms with van der Waals surface area (Å²) in [6.45, 7) is 1.09. The topological polar surface area (TPSA) is 43.4 Å². The van der Waals surface area contributed by atoms with Crippen molar-refractivity contribution in [3.8, 4) is 0 Å². The number of rotatable bonds is 3. The molecule has 0 N–H and O–H groups in total. The van der Waals surface area contributed by atoms with Crippen molar-refractivity contribution in [2.75, 3.05) is 13.2 Å². The van der Waals surface area contributed by atoms with Gasteiger partial charge in [-0.2, -0.15) is 0 Å². The predicted molar refractivity (Wildman–Crippen MR) is 70.1 cm³/mol. The molecule has 1 saturated heterocycles. The smallest absolute Gasteiger partial charge is 0.181 e. The molecule has 0 saturated carbocycles. The summed E-state index contributed by atoms with van der Waals surface area (Å²) >= 11 is 3.34. The lowest BCUT2D eigenvalue weighted by molar-refractivity contribution is 0.0983. The summed E-state index contributed by atoms with van der Waals surface area (Å²) in [5, 5.41) is 0.455. The van der Waals surface area contributed by atoms with Crippen LogP contribution in [0.25, 0.3) is 0 Å². The average molecular weight is 319 g/mol. The number of halogens is 1. The zero-order valence-corrected chi connectivity index (χ0v) is 11.8. The molecule has 94 valence electrons. The van der Waals surface area contributed by atoms with Crippen molar-refractivity contribution in [1.82, 2.24) is 0 Å². The molecule has 0 spiro atoms. The lowest BCUT2D eigenvalue weighted by atomic mass is 10.2. The molecule has 1 aromatic carbocycles. The molecule has 1 heterocycles. The molecular weight excluding hydrogens is 304 g/mol. The van der Waals surface area contributed by atoms with E-state index in [9.17, 15) is 8.42 Å². The van der Waals surface area contributed by atoms with E-state index >= 15 is 0 Å². The molecule has 1 aromatic rings. The lowest BCUT2D eigenvalue weighted by Gasteiger charge is -2.22. The third kappa shape index (κ3) is 2.89. The first-order valence-corrected chi connectivity index (χ1v) is 8.28. The van der Waals surface area contributed by atoms with Crippen molar-refractivity contribution in [2.45, 2.75) is 28.3 Å². The molecule has 1 aliphatic rings. The largest absolute Gasteiger partial charge is 0.381 e. The maximum Gasteiger partial charge on any atom is 0.181 e. The number of ether oxygens (including phenoxy) is 1. The van der Waals surface area contributed by atoms with E-state index in [1.807, 2.05) is 12.1 Å². The van der Waals surface area contributed by atoms with Crippen LogP contribution in [0.3, 0.4) is 0 Å². The number of benzene rings is 1. The van der Waals surface area contributed by atoms with Crippen LogP contribution in [0.2, 0.25) is 0 Å². The summed E-state index contributed by atoms with van der Waals surface area (Å²) < 4.78 is 29.8. The summed E-state index contributed by atoms with van der Waals surface area (Å²) in [5.74, 6) is 0. The van der Waals surface area contributed by atoms with Crippen LogP contribution in [0.1, 0.15) is 18.4 Å². The Morgan fingerprint density at radius 3 is 2.29 bits per heavy atom. The van der Waals surface area contributed by atoms with Gasteiger partial charge in [-0.05, 0) is 30.5 Å². The minimum Gasteiger partial charge on any atom is -0.381 e. The van der Waals surface area contributed by atoms with Gasteiger partial charge in [0.25, 0.3) is 0 Å². The highest BCUT2D eigenvalue weighted by atomic mass is 79.9. The monoisotopic (exact) mass is 318 g/mol. The van der Waals surface area contributed by atoms with Gasteiger partial charge in [-0.15, -0.1) is 0 Å². The van der Waals surface area contributed by atoms with Gasteiger partial charge in [0.05, 0.1) is 10.1 Å². The Bertz CT molecular complexity index is 461. The van der Waals surface area contributed by atoms with Crippen LogP contribution in [0.15, 0.2) is 29.2 Å². The van der Waals surface area contributed by atoms with Gasteiger partial charge in [0.1, 0.15) is 0 Å². The SMILES string of the molecule is O=S(=O)(c1ccc(CBr)cc1)C1CCOCC1. The van der Waals surface area contributed by atoms with Crippen molar-refractivity contribution < 1.29 is 13.2 Å². The molecule has 0 aromatic heterocycles. The summed E-state index contributed by atoms with van der Waals surface area (Å²) in [5.41, 5.74) is 1.08. The Labute approximate surface area is 110 Å². The van der Waals surface area contributed by atoms with Gasteiger partial charge in [-0.1, -0.05) is 28.1 Å². The molecule has 1 aliphatic heterocycles. The van der Waals surface area contributed by atoms with Crippen LogP contribution < -0.4 is 0 Å².